The maximum Gasteiger partial charge on any atom is 0.122 e. The largest absolute Gasteiger partial charge is 0.468 e. The second-order valence-corrected chi connectivity index (χ2v) is 5.56. The van der Waals surface area contributed by atoms with E-state index in [1.807, 2.05) is 6.07 Å². The summed E-state index contributed by atoms with van der Waals surface area (Å²) in [5.41, 5.74) is 7.45. The predicted molar refractivity (Wildman–Crippen MR) is 74.1 cm³/mol. The third kappa shape index (κ3) is 2.78. The van der Waals surface area contributed by atoms with Crippen LogP contribution in [0.15, 0.2) is 16.7 Å². The Balaban J connectivity index is 1.91. The fourth-order valence-corrected chi connectivity index (χ4v) is 3.03. The Labute approximate surface area is 110 Å². The van der Waals surface area contributed by atoms with Gasteiger partial charge in [0, 0.05) is 12.1 Å². The van der Waals surface area contributed by atoms with E-state index in [-0.39, 0.29) is 0 Å². The lowest BCUT2D eigenvalue weighted by Crippen LogP contribution is -2.39. The van der Waals surface area contributed by atoms with Crippen LogP contribution in [0, 0.1) is 5.41 Å². The van der Waals surface area contributed by atoms with Gasteiger partial charge >= 0.3 is 0 Å². The fourth-order valence-electron chi connectivity index (χ4n) is 3.03. The molecule has 0 aliphatic carbocycles. The minimum absolute atomic E-state index is 0.577. The Morgan fingerprint density at radius 2 is 1.94 bits per heavy atom. The first kappa shape index (κ1) is 13.6. The van der Waals surface area contributed by atoms with E-state index in [2.05, 4.69) is 18.7 Å². The van der Waals surface area contributed by atoms with Gasteiger partial charge in [-0.25, -0.2) is 0 Å². The minimum Gasteiger partial charge on any atom is -0.468 e. The van der Waals surface area contributed by atoms with E-state index in [9.17, 15) is 0 Å². The summed E-state index contributed by atoms with van der Waals surface area (Å²) >= 11 is 0. The third-order valence-electron chi connectivity index (χ3n) is 4.84. The van der Waals surface area contributed by atoms with Gasteiger partial charge in [-0.3, -0.25) is 4.90 Å². The molecular weight excluding hydrogens is 224 g/mol. The monoisotopic (exact) mass is 250 g/mol. The molecule has 0 radical (unpaired) electrons. The molecule has 0 bridgehead atoms. The Kier molecular flexibility index (Phi) is 4.46. The molecule has 0 atom stereocenters. The summed E-state index contributed by atoms with van der Waals surface area (Å²) in [4.78, 5) is 2.50. The van der Waals surface area contributed by atoms with E-state index in [0.29, 0.717) is 12.0 Å². The zero-order valence-corrected chi connectivity index (χ0v) is 11.7. The van der Waals surface area contributed by atoms with E-state index in [0.717, 1.165) is 17.9 Å². The van der Waals surface area contributed by atoms with Gasteiger partial charge in [0.15, 0.2) is 0 Å². The van der Waals surface area contributed by atoms with Crippen LogP contribution in [0.3, 0.4) is 0 Å². The Morgan fingerprint density at radius 1 is 1.28 bits per heavy atom. The van der Waals surface area contributed by atoms with Gasteiger partial charge in [0.25, 0.3) is 0 Å². The number of piperidine rings is 1. The summed E-state index contributed by atoms with van der Waals surface area (Å²) in [5.74, 6) is 1.05. The molecule has 1 saturated heterocycles. The summed E-state index contributed by atoms with van der Waals surface area (Å²) < 4.78 is 5.54. The summed E-state index contributed by atoms with van der Waals surface area (Å²) in [6.07, 6.45) is 7.01. The van der Waals surface area contributed by atoms with Crippen LogP contribution in [0.5, 0.6) is 0 Å². The van der Waals surface area contributed by atoms with Gasteiger partial charge in [-0.2, -0.15) is 0 Å². The molecule has 0 spiro atoms. The van der Waals surface area contributed by atoms with Crippen LogP contribution in [0.25, 0.3) is 0 Å². The second-order valence-electron chi connectivity index (χ2n) is 5.56. The van der Waals surface area contributed by atoms with Crippen LogP contribution in [-0.4, -0.2) is 18.0 Å². The highest BCUT2D eigenvalue weighted by Gasteiger charge is 2.31. The number of nitrogens with two attached hydrogens (primary N) is 1. The maximum absolute atomic E-state index is 5.71. The second kappa shape index (κ2) is 5.89. The first-order valence-electron chi connectivity index (χ1n) is 7.20. The SMILES string of the molecule is CCC1(CC)CCN(Cc2occc2CN)CC1. The summed E-state index contributed by atoms with van der Waals surface area (Å²) in [6, 6.07) is 1.99. The van der Waals surface area contributed by atoms with Crippen LogP contribution in [0.2, 0.25) is 0 Å². The smallest absolute Gasteiger partial charge is 0.122 e. The van der Waals surface area contributed by atoms with E-state index in [4.69, 9.17) is 10.2 Å². The lowest BCUT2D eigenvalue weighted by Gasteiger charge is -2.40. The lowest BCUT2D eigenvalue weighted by molar-refractivity contribution is 0.0860. The van der Waals surface area contributed by atoms with Gasteiger partial charge in [-0.05, 0) is 37.4 Å². The highest BCUT2D eigenvalue weighted by atomic mass is 16.3. The molecule has 0 unspecified atom stereocenters. The van der Waals surface area contributed by atoms with Crippen molar-refractivity contribution in [3.63, 3.8) is 0 Å². The minimum atomic E-state index is 0.577. The molecule has 3 nitrogen and oxygen atoms in total. The van der Waals surface area contributed by atoms with Crippen LogP contribution in [-0.2, 0) is 13.1 Å². The average molecular weight is 250 g/mol. The number of rotatable bonds is 5. The topological polar surface area (TPSA) is 42.4 Å². The lowest BCUT2D eigenvalue weighted by atomic mass is 9.74. The van der Waals surface area contributed by atoms with Crippen molar-refractivity contribution in [1.29, 1.82) is 0 Å². The molecule has 2 heterocycles. The zero-order valence-electron chi connectivity index (χ0n) is 11.7. The number of nitrogens with zero attached hydrogens (tertiary/aromatic N) is 1. The molecule has 102 valence electrons. The summed E-state index contributed by atoms with van der Waals surface area (Å²) in [7, 11) is 0. The fraction of sp³-hybridized carbons (Fsp3) is 0.733. The van der Waals surface area contributed by atoms with Crippen molar-refractivity contribution in [1.82, 2.24) is 4.90 Å². The molecular formula is C15H26N2O. The van der Waals surface area contributed by atoms with Crippen LogP contribution < -0.4 is 5.73 Å². The van der Waals surface area contributed by atoms with Crippen molar-refractivity contribution >= 4 is 0 Å². The van der Waals surface area contributed by atoms with Gasteiger partial charge in [0.2, 0.25) is 0 Å². The Bertz CT molecular complexity index is 358. The number of hydrogen-bond donors (Lipinski definition) is 1. The third-order valence-corrected chi connectivity index (χ3v) is 4.84. The van der Waals surface area contributed by atoms with Gasteiger partial charge in [0.05, 0.1) is 12.8 Å². The van der Waals surface area contributed by atoms with Gasteiger partial charge in [0.1, 0.15) is 5.76 Å². The molecule has 3 heteroatoms. The summed E-state index contributed by atoms with van der Waals surface area (Å²) in [6.45, 7) is 8.53. The first-order chi connectivity index (χ1) is 8.73. The van der Waals surface area contributed by atoms with Crippen LogP contribution >= 0.6 is 0 Å². The molecule has 1 aliphatic heterocycles. The number of hydrogen-bond acceptors (Lipinski definition) is 3. The molecule has 1 fully saturated rings. The standard InChI is InChI=1S/C15H26N2O/c1-3-15(4-2)6-8-17(9-7-15)12-14-13(11-16)5-10-18-14/h5,10H,3-4,6-9,11-12,16H2,1-2H3. The number of likely N-dealkylation sites (tertiary alicyclic amines) is 1. The van der Waals surface area contributed by atoms with Gasteiger partial charge < -0.3 is 10.2 Å². The number of furan rings is 1. The van der Waals surface area contributed by atoms with Gasteiger partial charge in [-0.15, -0.1) is 0 Å². The molecule has 0 aromatic carbocycles. The molecule has 1 aromatic heterocycles. The van der Waals surface area contributed by atoms with E-state index >= 15 is 0 Å². The quantitative estimate of drug-likeness (QED) is 0.873. The highest BCUT2D eigenvalue weighted by molar-refractivity contribution is 5.16. The van der Waals surface area contributed by atoms with Crippen molar-refractivity contribution in [2.45, 2.75) is 52.6 Å². The molecule has 18 heavy (non-hydrogen) atoms. The van der Waals surface area contributed by atoms with Crippen LogP contribution in [0.4, 0.5) is 0 Å². The van der Waals surface area contributed by atoms with E-state index < -0.39 is 0 Å². The van der Waals surface area contributed by atoms with Crippen molar-refractivity contribution in [2.24, 2.45) is 11.1 Å². The summed E-state index contributed by atoms with van der Waals surface area (Å²) in [5, 5.41) is 0. The maximum atomic E-state index is 5.71. The van der Waals surface area contributed by atoms with Crippen molar-refractivity contribution in [3.8, 4) is 0 Å². The van der Waals surface area contributed by atoms with E-state index in [1.165, 1.54) is 38.8 Å². The van der Waals surface area contributed by atoms with Crippen molar-refractivity contribution in [2.75, 3.05) is 13.1 Å². The molecule has 0 amide bonds. The molecule has 2 N–H and O–H groups in total. The highest BCUT2D eigenvalue weighted by Crippen LogP contribution is 2.38. The molecule has 2 rings (SSSR count). The molecule has 1 aromatic rings. The zero-order chi connectivity index (χ0) is 13.0. The first-order valence-corrected chi connectivity index (χ1v) is 7.20. The van der Waals surface area contributed by atoms with Crippen molar-refractivity contribution in [3.05, 3.63) is 23.7 Å². The average Bonchev–Trinajstić information content (AvgIpc) is 2.87. The van der Waals surface area contributed by atoms with Gasteiger partial charge in [-0.1, -0.05) is 26.7 Å². The normalized spacial score (nSPS) is 20.2. The Morgan fingerprint density at radius 3 is 2.50 bits per heavy atom. The predicted octanol–water partition coefficient (Wildman–Crippen LogP) is 3.14. The Hall–Kier alpha value is -0.800. The van der Waals surface area contributed by atoms with E-state index in [1.54, 1.807) is 6.26 Å². The molecule has 1 aliphatic rings. The van der Waals surface area contributed by atoms with Crippen molar-refractivity contribution < 1.29 is 4.42 Å². The molecule has 0 saturated carbocycles. The van der Waals surface area contributed by atoms with Crippen LogP contribution in [0.1, 0.15) is 50.9 Å².